The Morgan fingerprint density at radius 1 is 1.46 bits per heavy atom. The molecule has 0 aromatic rings. The largest absolute Gasteiger partial charge is 0.352 e. The van der Waals surface area contributed by atoms with Crippen LogP contribution in [0.15, 0.2) is 0 Å². The number of amides is 1. The molecule has 2 aliphatic rings. The van der Waals surface area contributed by atoms with Gasteiger partial charge >= 0.3 is 0 Å². The highest BCUT2D eigenvalue weighted by Gasteiger charge is 2.32. The van der Waals surface area contributed by atoms with Gasteiger partial charge in [0.1, 0.15) is 6.17 Å². The van der Waals surface area contributed by atoms with Crippen LogP contribution in [0.25, 0.3) is 0 Å². The summed E-state index contributed by atoms with van der Waals surface area (Å²) in [5, 5.41) is 5.70. The number of halogens is 2. The smallest absolute Gasteiger partial charge is 0.237 e. The second-order valence-electron chi connectivity index (χ2n) is 3.58. The van der Waals surface area contributed by atoms with Crippen LogP contribution < -0.4 is 10.6 Å². The van der Waals surface area contributed by atoms with Gasteiger partial charge in [-0.25, -0.2) is 4.39 Å². The van der Waals surface area contributed by atoms with Gasteiger partial charge in [-0.2, -0.15) is 0 Å². The topological polar surface area (TPSA) is 41.1 Å². The van der Waals surface area contributed by atoms with Crippen LogP contribution in [0, 0.1) is 0 Å². The van der Waals surface area contributed by atoms with E-state index in [4.69, 9.17) is 0 Å². The van der Waals surface area contributed by atoms with Crippen molar-refractivity contribution in [3.8, 4) is 0 Å². The van der Waals surface area contributed by atoms with E-state index in [2.05, 4.69) is 10.6 Å². The Hall–Kier alpha value is -0.350. The van der Waals surface area contributed by atoms with E-state index in [9.17, 15) is 9.18 Å². The Morgan fingerprint density at radius 3 is 2.62 bits per heavy atom. The Kier molecular flexibility index (Phi) is 3.50. The average molecular weight is 209 g/mol. The quantitative estimate of drug-likeness (QED) is 0.689. The molecule has 0 spiro atoms. The van der Waals surface area contributed by atoms with E-state index < -0.39 is 6.17 Å². The molecule has 0 aromatic heterocycles. The number of nitrogens with one attached hydrogen (secondary N) is 2. The molecule has 1 aliphatic carbocycles. The van der Waals surface area contributed by atoms with Gasteiger partial charge in [-0.15, -0.1) is 12.4 Å². The van der Waals surface area contributed by atoms with Gasteiger partial charge in [0.2, 0.25) is 5.91 Å². The molecule has 13 heavy (non-hydrogen) atoms. The Balaban J connectivity index is 0.000000845. The minimum absolute atomic E-state index is 0. The predicted octanol–water partition coefficient (Wildman–Crippen LogP) is 0.387. The van der Waals surface area contributed by atoms with E-state index in [0.717, 1.165) is 12.8 Å². The lowest BCUT2D eigenvalue weighted by atomic mass is 10.2. The van der Waals surface area contributed by atoms with E-state index >= 15 is 0 Å². The van der Waals surface area contributed by atoms with E-state index in [1.807, 2.05) is 0 Å². The molecule has 0 aromatic carbocycles. The van der Waals surface area contributed by atoms with Gasteiger partial charge in [-0.05, 0) is 12.8 Å². The normalized spacial score (nSPS) is 32.4. The zero-order chi connectivity index (χ0) is 8.55. The summed E-state index contributed by atoms with van der Waals surface area (Å²) in [5.74, 6) is -0.0300. The Morgan fingerprint density at radius 2 is 2.15 bits per heavy atom. The molecule has 2 rings (SSSR count). The third kappa shape index (κ3) is 2.81. The first-order chi connectivity index (χ1) is 5.75. The summed E-state index contributed by atoms with van der Waals surface area (Å²) in [7, 11) is 0. The van der Waals surface area contributed by atoms with Crippen molar-refractivity contribution in [2.45, 2.75) is 37.5 Å². The van der Waals surface area contributed by atoms with Gasteiger partial charge in [0.15, 0.2) is 0 Å². The molecule has 1 amide bonds. The first-order valence-electron chi connectivity index (χ1n) is 4.43. The van der Waals surface area contributed by atoms with Gasteiger partial charge in [0.05, 0.1) is 6.04 Å². The second-order valence-corrected chi connectivity index (χ2v) is 3.58. The maximum absolute atomic E-state index is 12.6. The molecule has 3 nitrogen and oxygen atoms in total. The minimum Gasteiger partial charge on any atom is -0.352 e. The lowest BCUT2D eigenvalue weighted by Gasteiger charge is -2.09. The number of alkyl halides is 1. The van der Waals surface area contributed by atoms with Crippen molar-refractivity contribution in [1.82, 2.24) is 10.6 Å². The molecule has 76 valence electrons. The lowest BCUT2D eigenvalue weighted by Crippen LogP contribution is -2.41. The van der Waals surface area contributed by atoms with Crippen molar-refractivity contribution >= 4 is 18.3 Å². The fourth-order valence-electron chi connectivity index (χ4n) is 1.42. The third-order valence-corrected chi connectivity index (χ3v) is 2.32. The number of rotatable bonds is 2. The van der Waals surface area contributed by atoms with Gasteiger partial charge in [-0.3, -0.25) is 4.79 Å². The molecule has 0 radical (unpaired) electrons. The minimum atomic E-state index is -0.847. The van der Waals surface area contributed by atoms with E-state index in [0.29, 0.717) is 19.0 Å². The monoisotopic (exact) mass is 208 g/mol. The van der Waals surface area contributed by atoms with Crippen LogP contribution in [0.5, 0.6) is 0 Å². The van der Waals surface area contributed by atoms with Crippen molar-refractivity contribution in [2.24, 2.45) is 0 Å². The van der Waals surface area contributed by atoms with Crippen LogP contribution >= 0.6 is 12.4 Å². The first-order valence-corrected chi connectivity index (χ1v) is 4.43. The van der Waals surface area contributed by atoms with Crippen molar-refractivity contribution in [2.75, 3.05) is 6.54 Å². The average Bonchev–Trinajstić information content (AvgIpc) is 2.72. The predicted molar refractivity (Wildman–Crippen MR) is 49.7 cm³/mol. The summed E-state index contributed by atoms with van der Waals surface area (Å²) < 4.78 is 12.6. The van der Waals surface area contributed by atoms with Crippen LogP contribution in [-0.2, 0) is 4.79 Å². The lowest BCUT2D eigenvalue weighted by molar-refractivity contribution is -0.123. The van der Waals surface area contributed by atoms with Crippen LogP contribution in [0.1, 0.15) is 19.3 Å². The SMILES string of the molecule is Cl.O=C(NC1CC1)[C@@H]1C[C@@H](F)CN1. The molecule has 2 atom stereocenters. The maximum atomic E-state index is 12.6. The molecule has 0 bridgehead atoms. The fraction of sp³-hybridized carbons (Fsp3) is 0.875. The molecule has 5 heteroatoms. The summed E-state index contributed by atoms with van der Waals surface area (Å²) in [6.45, 7) is 0.322. The van der Waals surface area contributed by atoms with Gasteiger partial charge in [-0.1, -0.05) is 0 Å². The number of hydrogen-bond acceptors (Lipinski definition) is 2. The Labute approximate surface area is 82.9 Å². The highest BCUT2D eigenvalue weighted by molar-refractivity contribution is 5.85. The summed E-state index contributed by atoms with van der Waals surface area (Å²) in [4.78, 5) is 11.3. The molecular formula is C8H14ClFN2O. The van der Waals surface area contributed by atoms with Crippen molar-refractivity contribution in [3.63, 3.8) is 0 Å². The molecule has 2 N–H and O–H groups in total. The number of hydrogen-bond donors (Lipinski definition) is 2. The van der Waals surface area contributed by atoms with Gasteiger partial charge in [0.25, 0.3) is 0 Å². The molecule has 1 aliphatic heterocycles. The van der Waals surface area contributed by atoms with Crippen molar-refractivity contribution in [3.05, 3.63) is 0 Å². The number of carbonyl (C=O) groups excluding carboxylic acids is 1. The summed E-state index contributed by atoms with van der Waals surface area (Å²) in [6, 6.07) is 0.0820. The standard InChI is InChI=1S/C8H13FN2O.ClH/c9-5-3-7(10-4-5)8(12)11-6-1-2-6;/h5-7,10H,1-4H2,(H,11,12);1H/t5-,7+;/m1./s1. The van der Waals surface area contributed by atoms with Crippen LogP contribution in [0.4, 0.5) is 4.39 Å². The highest BCUT2D eigenvalue weighted by atomic mass is 35.5. The summed E-state index contributed by atoms with van der Waals surface area (Å²) >= 11 is 0. The maximum Gasteiger partial charge on any atom is 0.237 e. The molecular weight excluding hydrogens is 195 g/mol. The van der Waals surface area contributed by atoms with E-state index in [1.165, 1.54) is 0 Å². The molecule has 0 unspecified atom stereocenters. The first kappa shape index (κ1) is 10.7. The zero-order valence-corrected chi connectivity index (χ0v) is 8.07. The molecule has 1 saturated carbocycles. The van der Waals surface area contributed by atoms with E-state index in [-0.39, 0.29) is 24.4 Å². The van der Waals surface area contributed by atoms with E-state index in [1.54, 1.807) is 0 Å². The highest BCUT2D eigenvalue weighted by Crippen LogP contribution is 2.19. The van der Waals surface area contributed by atoms with Crippen molar-refractivity contribution < 1.29 is 9.18 Å². The molecule has 1 saturated heterocycles. The summed E-state index contributed by atoms with van der Waals surface area (Å²) in [6.07, 6.45) is 1.65. The Bertz CT molecular complexity index is 199. The zero-order valence-electron chi connectivity index (χ0n) is 7.25. The second kappa shape index (κ2) is 4.24. The van der Waals surface area contributed by atoms with Crippen LogP contribution in [-0.4, -0.2) is 30.7 Å². The van der Waals surface area contributed by atoms with Gasteiger partial charge in [0, 0.05) is 19.0 Å². The van der Waals surface area contributed by atoms with Crippen molar-refractivity contribution in [1.29, 1.82) is 0 Å². The van der Waals surface area contributed by atoms with Gasteiger partial charge < -0.3 is 10.6 Å². The molecule has 2 fully saturated rings. The third-order valence-electron chi connectivity index (χ3n) is 2.32. The number of carbonyl (C=O) groups is 1. The van der Waals surface area contributed by atoms with Crippen LogP contribution in [0.3, 0.4) is 0 Å². The fourth-order valence-corrected chi connectivity index (χ4v) is 1.42. The van der Waals surface area contributed by atoms with Crippen LogP contribution in [0.2, 0.25) is 0 Å². The molecule has 1 heterocycles. The summed E-state index contributed by atoms with van der Waals surface area (Å²) in [5.41, 5.74) is 0.